The maximum atomic E-state index is 11.9. The van der Waals surface area contributed by atoms with E-state index in [0.29, 0.717) is 22.9 Å². The Morgan fingerprint density at radius 1 is 1.19 bits per heavy atom. The first-order valence-electron chi connectivity index (χ1n) is 6.40. The molecule has 5 heteroatoms. The van der Waals surface area contributed by atoms with Crippen molar-refractivity contribution in [3.05, 3.63) is 47.9 Å². The summed E-state index contributed by atoms with van der Waals surface area (Å²) in [5.74, 6) is 2.34. The van der Waals surface area contributed by atoms with Crippen LogP contribution in [-0.2, 0) is 4.79 Å². The molecule has 2 rings (SSSR count). The highest BCUT2D eigenvalue weighted by molar-refractivity contribution is 6.02. The zero-order valence-electron chi connectivity index (χ0n) is 12.2. The van der Waals surface area contributed by atoms with Crippen LogP contribution in [0.25, 0.3) is 6.08 Å². The van der Waals surface area contributed by atoms with Gasteiger partial charge in [-0.05, 0) is 37.3 Å². The third-order valence-corrected chi connectivity index (χ3v) is 2.82. The predicted molar refractivity (Wildman–Crippen MR) is 80.7 cm³/mol. The van der Waals surface area contributed by atoms with Crippen molar-refractivity contribution >= 4 is 17.7 Å². The average Bonchev–Trinajstić information content (AvgIpc) is 2.90. The van der Waals surface area contributed by atoms with Gasteiger partial charge in [-0.3, -0.25) is 4.79 Å². The van der Waals surface area contributed by atoms with Gasteiger partial charge in [0, 0.05) is 12.1 Å². The lowest BCUT2D eigenvalue weighted by molar-refractivity contribution is -0.111. The fourth-order valence-corrected chi connectivity index (χ4v) is 1.79. The van der Waals surface area contributed by atoms with Gasteiger partial charge in [0.25, 0.3) is 0 Å². The largest absolute Gasteiger partial charge is 0.497 e. The number of carbonyl (C=O) groups is 1. The van der Waals surface area contributed by atoms with Gasteiger partial charge in [0.2, 0.25) is 5.91 Å². The molecule has 0 saturated carbocycles. The first-order valence-corrected chi connectivity index (χ1v) is 6.40. The Bertz CT molecular complexity index is 658. The number of hydrogen-bond acceptors (Lipinski definition) is 4. The third kappa shape index (κ3) is 3.89. The van der Waals surface area contributed by atoms with E-state index in [1.54, 1.807) is 44.6 Å². The number of benzene rings is 1. The van der Waals surface area contributed by atoms with Gasteiger partial charge in [0.15, 0.2) is 0 Å². The fourth-order valence-electron chi connectivity index (χ4n) is 1.79. The first kappa shape index (κ1) is 14.7. The zero-order valence-corrected chi connectivity index (χ0v) is 12.2. The molecule has 0 unspecified atom stereocenters. The Labute approximate surface area is 123 Å². The van der Waals surface area contributed by atoms with Crippen molar-refractivity contribution in [3.8, 4) is 11.5 Å². The van der Waals surface area contributed by atoms with Gasteiger partial charge in [0.1, 0.15) is 23.0 Å². The Kier molecular flexibility index (Phi) is 4.66. The van der Waals surface area contributed by atoms with Crippen molar-refractivity contribution in [2.24, 2.45) is 0 Å². The number of methoxy groups -OCH3 is 2. The third-order valence-electron chi connectivity index (χ3n) is 2.82. The molecule has 0 bridgehead atoms. The first-order chi connectivity index (χ1) is 10.1. The highest BCUT2D eigenvalue weighted by Gasteiger charge is 2.07. The number of aryl methyl sites for hydroxylation is 1. The van der Waals surface area contributed by atoms with Crippen LogP contribution in [0.15, 0.2) is 40.8 Å². The molecule has 0 aliphatic heterocycles. The molecule has 1 aromatic heterocycles. The highest BCUT2D eigenvalue weighted by Crippen LogP contribution is 2.28. The van der Waals surface area contributed by atoms with E-state index < -0.39 is 0 Å². The van der Waals surface area contributed by atoms with Crippen LogP contribution in [0.3, 0.4) is 0 Å². The quantitative estimate of drug-likeness (QED) is 0.857. The summed E-state index contributed by atoms with van der Waals surface area (Å²) >= 11 is 0. The highest BCUT2D eigenvalue weighted by atomic mass is 16.5. The fraction of sp³-hybridized carbons (Fsp3) is 0.188. The Balaban J connectivity index is 2.10. The van der Waals surface area contributed by atoms with E-state index in [1.165, 1.54) is 6.08 Å². The molecule has 110 valence electrons. The summed E-state index contributed by atoms with van der Waals surface area (Å²) in [6.07, 6.45) is 3.01. The normalized spacial score (nSPS) is 10.6. The van der Waals surface area contributed by atoms with E-state index in [-0.39, 0.29) is 5.91 Å². The number of hydrogen-bond donors (Lipinski definition) is 1. The van der Waals surface area contributed by atoms with E-state index in [1.807, 2.05) is 13.0 Å². The van der Waals surface area contributed by atoms with Crippen molar-refractivity contribution in [1.29, 1.82) is 0 Å². The summed E-state index contributed by atoms with van der Waals surface area (Å²) in [5.41, 5.74) is 0.544. The molecule has 0 atom stereocenters. The predicted octanol–water partition coefficient (Wildman–Crippen LogP) is 3.26. The molecular formula is C16H17NO4. The Morgan fingerprint density at radius 2 is 2.00 bits per heavy atom. The summed E-state index contributed by atoms with van der Waals surface area (Å²) < 4.78 is 15.7. The van der Waals surface area contributed by atoms with Crippen molar-refractivity contribution in [3.63, 3.8) is 0 Å². The van der Waals surface area contributed by atoms with E-state index >= 15 is 0 Å². The Morgan fingerprint density at radius 3 is 2.62 bits per heavy atom. The molecule has 0 spiro atoms. The standard InChI is InChI=1S/C16H17NO4/c1-11-4-5-12(21-11)7-9-16(18)17-14-10-13(19-2)6-8-15(14)20-3/h4-10H,1-3H3,(H,17,18). The van der Waals surface area contributed by atoms with Gasteiger partial charge in [-0.15, -0.1) is 0 Å². The molecule has 2 aromatic rings. The summed E-state index contributed by atoms with van der Waals surface area (Å²) in [6.45, 7) is 1.85. The lowest BCUT2D eigenvalue weighted by atomic mass is 10.2. The minimum absolute atomic E-state index is 0.282. The molecule has 0 aliphatic carbocycles. The number of amides is 1. The van der Waals surface area contributed by atoms with Crippen LogP contribution in [0.1, 0.15) is 11.5 Å². The zero-order chi connectivity index (χ0) is 15.2. The Hall–Kier alpha value is -2.69. The van der Waals surface area contributed by atoms with Crippen molar-refractivity contribution < 1.29 is 18.7 Å². The van der Waals surface area contributed by atoms with Crippen molar-refractivity contribution in [2.75, 3.05) is 19.5 Å². The van der Waals surface area contributed by atoms with E-state index in [0.717, 1.165) is 5.76 Å². The summed E-state index contributed by atoms with van der Waals surface area (Å²) in [5, 5.41) is 2.74. The second kappa shape index (κ2) is 6.65. The van der Waals surface area contributed by atoms with Crippen molar-refractivity contribution in [1.82, 2.24) is 0 Å². The molecule has 0 saturated heterocycles. The molecule has 1 aromatic carbocycles. The van der Waals surface area contributed by atoms with Crippen molar-refractivity contribution in [2.45, 2.75) is 6.92 Å². The number of anilines is 1. The number of ether oxygens (including phenoxy) is 2. The molecule has 0 fully saturated rings. The molecule has 5 nitrogen and oxygen atoms in total. The number of rotatable bonds is 5. The lowest BCUT2D eigenvalue weighted by Crippen LogP contribution is -2.09. The maximum absolute atomic E-state index is 11.9. The molecule has 21 heavy (non-hydrogen) atoms. The van der Waals surface area contributed by atoms with Crippen LogP contribution in [0.2, 0.25) is 0 Å². The van der Waals surface area contributed by atoms with E-state index in [2.05, 4.69) is 5.32 Å². The second-order valence-electron chi connectivity index (χ2n) is 4.34. The number of carbonyl (C=O) groups excluding carboxylic acids is 1. The minimum atomic E-state index is -0.282. The SMILES string of the molecule is COc1ccc(OC)c(NC(=O)C=Cc2ccc(C)o2)c1. The molecule has 1 N–H and O–H groups in total. The summed E-state index contributed by atoms with van der Waals surface area (Å²) in [6, 6.07) is 8.82. The second-order valence-corrected chi connectivity index (χ2v) is 4.34. The van der Waals surface area contributed by atoms with Gasteiger partial charge in [0.05, 0.1) is 19.9 Å². The topological polar surface area (TPSA) is 60.7 Å². The van der Waals surface area contributed by atoms with Gasteiger partial charge >= 0.3 is 0 Å². The number of nitrogens with one attached hydrogen (secondary N) is 1. The van der Waals surface area contributed by atoms with Crippen LogP contribution in [0, 0.1) is 6.92 Å². The van der Waals surface area contributed by atoms with E-state index in [4.69, 9.17) is 13.9 Å². The molecule has 0 radical (unpaired) electrons. The van der Waals surface area contributed by atoms with Gasteiger partial charge in [-0.2, -0.15) is 0 Å². The maximum Gasteiger partial charge on any atom is 0.248 e. The monoisotopic (exact) mass is 287 g/mol. The minimum Gasteiger partial charge on any atom is -0.497 e. The molecule has 0 aliphatic rings. The summed E-state index contributed by atoms with van der Waals surface area (Å²) in [7, 11) is 3.10. The van der Waals surface area contributed by atoms with Crippen LogP contribution >= 0.6 is 0 Å². The lowest BCUT2D eigenvalue weighted by Gasteiger charge is -2.10. The van der Waals surface area contributed by atoms with Crippen LogP contribution in [0.5, 0.6) is 11.5 Å². The van der Waals surface area contributed by atoms with Gasteiger partial charge in [-0.25, -0.2) is 0 Å². The van der Waals surface area contributed by atoms with Crippen LogP contribution < -0.4 is 14.8 Å². The summed E-state index contributed by atoms with van der Waals surface area (Å²) in [4.78, 5) is 11.9. The van der Waals surface area contributed by atoms with Crippen LogP contribution in [-0.4, -0.2) is 20.1 Å². The smallest absolute Gasteiger partial charge is 0.248 e. The molecule has 1 heterocycles. The van der Waals surface area contributed by atoms with Crippen LogP contribution in [0.4, 0.5) is 5.69 Å². The van der Waals surface area contributed by atoms with Gasteiger partial charge < -0.3 is 19.2 Å². The number of furan rings is 1. The van der Waals surface area contributed by atoms with Gasteiger partial charge in [-0.1, -0.05) is 0 Å². The molecular weight excluding hydrogens is 270 g/mol. The molecule has 1 amide bonds. The van der Waals surface area contributed by atoms with E-state index in [9.17, 15) is 4.79 Å². The average molecular weight is 287 g/mol.